The number of nitrogens with one attached hydrogen (secondary N) is 3. The first-order chi connectivity index (χ1) is 13.1. The van der Waals surface area contributed by atoms with Gasteiger partial charge in [0.1, 0.15) is 6.04 Å². The van der Waals surface area contributed by atoms with Crippen LogP contribution in [0.15, 0.2) is 42.7 Å². The van der Waals surface area contributed by atoms with Gasteiger partial charge in [0.05, 0.1) is 12.1 Å². The standard InChI is InChI=1S/C20H27N5O2/c1-25-8-4-6-19(25)17-12-18(24-23-17)20(27)22-16(13-9-15(26)10-13)11-14-5-2-3-7-21-14/h2-8,13,15-18,23-24,26H,9-12H2,1H3,(H,22,27). The molecule has 1 saturated carbocycles. The number of carbonyl (C=O) groups is 1. The molecule has 7 nitrogen and oxygen atoms in total. The van der Waals surface area contributed by atoms with Gasteiger partial charge in [-0.05, 0) is 49.4 Å². The van der Waals surface area contributed by atoms with Crippen molar-refractivity contribution in [1.29, 1.82) is 0 Å². The smallest absolute Gasteiger partial charge is 0.238 e. The van der Waals surface area contributed by atoms with Crippen LogP contribution in [-0.4, -0.2) is 38.8 Å². The maximum absolute atomic E-state index is 12.9. The molecule has 4 rings (SSSR count). The van der Waals surface area contributed by atoms with Crippen LogP contribution in [0.1, 0.15) is 36.7 Å². The van der Waals surface area contributed by atoms with Crippen LogP contribution in [0.5, 0.6) is 0 Å². The zero-order valence-electron chi connectivity index (χ0n) is 15.5. The number of hydrazine groups is 1. The second kappa shape index (κ2) is 7.80. The number of nitrogens with zero attached hydrogens (tertiary/aromatic N) is 2. The SMILES string of the molecule is Cn1cccc1C1CC(C(=O)NC(Cc2ccccn2)C2CC(O)C2)NN1. The van der Waals surface area contributed by atoms with Crippen LogP contribution < -0.4 is 16.2 Å². The van der Waals surface area contributed by atoms with Gasteiger partial charge in [-0.1, -0.05) is 6.07 Å². The fraction of sp³-hybridized carbons (Fsp3) is 0.500. The highest BCUT2D eigenvalue weighted by Gasteiger charge is 2.37. The number of aryl methyl sites for hydroxylation is 1. The van der Waals surface area contributed by atoms with Crippen LogP contribution in [0.25, 0.3) is 0 Å². The number of aliphatic hydroxyl groups excluding tert-OH is 1. The van der Waals surface area contributed by atoms with E-state index in [1.807, 2.05) is 37.5 Å². The quantitative estimate of drug-likeness (QED) is 0.605. The largest absolute Gasteiger partial charge is 0.393 e. The number of aliphatic hydroxyl groups is 1. The third-order valence-corrected chi connectivity index (χ3v) is 5.76. The molecule has 144 valence electrons. The summed E-state index contributed by atoms with van der Waals surface area (Å²) >= 11 is 0. The van der Waals surface area contributed by atoms with Crippen molar-refractivity contribution in [3.05, 3.63) is 54.1 Å². The van der Waals surface area contributed by atoms with Crippen molar-refractivity contribution in [2.24, 2.45) is 13.0 Å². The van der Waals surface area contributed by atoms with E-state index in [4.69, 9.17) is 0 Å². The first kappa shape index (κ1) is 18.2. The van der Waals surface area contributed by atoms with E-state index in [9.17, 15) is 9.90 Å². The predicted molar refractivity (Wildman–Crippen MR) is 101 cm³/mol. The van der Waals surface area contributed by atoms with Crippen molar-refractivity contribution in [2.75, 3.05) is 0 Å². The van der Waals surface area contributed by atoms with Crippen LogP contribution in [0, 0.1) is 5.92 Å². The minimum absolute atomic E-state index is 0.00142. The first-order valence-corrected chi connectivity index (χ1v) is 9.61. The summed E-state index contributed by atoms with van der Waals surface area (Å²) < 4.78 is 2.07. The van der Waals surface area contributed by atoms with Crippen LogP contribution >= 0.6 is 0 Å². The van der Waals surface area contributed by atoms with E-state index in [0.717, 1.165) is 24.2 Å². The molecule has 27 heavy (non-hydrogen) atoms. The number of rotatable bonds is 6. The fourth-order valence-corrected chi connectivity index (χ4v) is 4.08. The molecule has 0 aromatic carbocycles. The molecule has 3 unspecified atom stereocenters. The Hall–Kier alpha value is -2.22. The maximum Gasteiger partial charge on any atom is 0.238 e. The Labute approximate surface area is 159 Å². The Morgan fingerprint density at radius 3 is 2.81 bits per heavy atom. The van der Waals surface area contributed by atoms with Crippen molar-refractivity contribution in [1.82, 2.24) is 25.7 Å². The van der Waals surface area contributed by atoms with Crippen LogP contribution in [-0.2, 0) is 18.3 Å². The number of amides is 1. The number of hydrogen-bond acceptors (Lipinski definition) is 5. The van der Waals surface area contributed by atoms with Gasteiger partial charge in [-0.15, -0.1) is 0 Å². The van der Waals surface area contributed by atoms with Crippen molar-refractivity contribution in [3.8, 4) is 0 Å². The van der Waals surface area contributed by atoms with Gasteiger partial charge in [0.2, 0.25) is 5.91 Å². The number of hydrogen-bond donors (Lipinski definition) is 4. The molecule has 1 aliphatic carbocycles. The van der Waals surface area contributed by atoms with Gasteiger partial charge in [-0.3, -0.25) is 9.78 Å². The highest BCUT2D eigenvalue weighted by molar-refractivity contribution is 5.82. The van der Waals surface area contributed by atoms with Crippen LogP contribution in [0.3, 0.4) is 0 Å². The normalized spacial score (nSPS) is 28.5. The van der Waals surface area contributed by atoms with E-state index in [2.05, 4.69) is 31.8 Å². The fourth-order valence-electron chi connectivity index (χ4n) is 4.08. The predicted octanol–water partition coefficient (Wildman–Crippen LogP) is 0.826. The summed E-state index contributed by atoms with van der Waals surface area (Å²) in [6.45, 7) is 0. The van der Waals surface area contributed by atoms with Gasteiger partial charge < -0.3 is 15.0 Å². The Bertz CT molecular complexity index is 772. The summed E-state index contributed by atoms with van der Waals surface area (Å²) in [6, 6.07) is 9.74. The molecule has 1 amide bonds. The molecule has 2 fully saturated rings. The van der Waals surface area contributed by atoms with Gasteiger partial charge in [-0.2, -0.15) is 0 Å². The Morgan fingerprint density at radius 1 is 1.30 bits per heavy atom. The van der Waals surface area contributed by atoms with Gasteiger partial charge in [0.15, 0.2) is 0 Å². The van der Waals surface area contributed by atoms with Gasteiger partial charge in [-0.25, -0.2) is 10.9 Å². The second-order valence-electron chi connectivity index (χ2n) is 7.70. The molecule has 0 radical (unpaired) electrons. The molecular formula is C20H27N5O2. The number of carbonyl (C=O) groups excluding carboxylic acids is 1. The summed E-state index contributed by atoms with van der Waals surface area (Å²) in [5.41, 5.74) is 8.49. The molecule has 3 atom stereocenters. The summed E-state index contributed by atoms with van der Waals surface area (Å²) in [7, 11) is 2.01. The third-order valence-electron chi connectivity index (χ3n) is 5.76. The summed E-state index contributed by atoms with van der Waals surface area (Å²) in [5, 5.41) is 12.9. The zero-order valence-corrected chi connectivity index (χ0v) is 15.5. The van der Waals surface area contributed by atoms with Crippen LogP contribution in [0.4, 0.5) is 0 Å². The van der Waals surface area contributed by atoms with Crippen molar-refractivity contribution < 1.29 is 9.90 Å². The van der Waals surface area contributed by atoms with E-state index >= 15 is 0 Å². The van der Waals surface area contributed by atoms with Crippen LogP contribution in [0.2, 0.25) is 0 Å². The highest BCUT2D eigenvalue weighted by Crippen LogP contribution is 2.32. The summed E-state index contributed by atoms with van der Waals surface area (Å²) in [5.74, 6) is 0.297. The Morgan fingerprint density at radius 2 is 2.15 bits per heavy atom. The second-order valence-corrected chi connectivity index (χ2v) is 7.70. The monoisotopic (exact) mass is 369 g/mol. The van der Waals surface area contributed by atoms with Crippen molar-refractivity contribution in [2.45, 2.75) is 49.9 Å². The third kappa shape index (κ3) is 4.05. The topological polar surface area (TPSA) is 91.2 Å². The lowest BCUT2D eigenvalue weighted by Gasteiger charge is -2.38. The lowest BCUT2D eigenvalue weighted by Crippen LogP contribution is -2.53. The van der Waals surface area contributed by atoms with E-state index in [-0.39, 0.29) is 30.1 Å². The zero-order chi connectivity index (χ0) is 18.8. The molecule has 2 aromatic heterocycles. The van der Waals surface area contributed by atoms with E-state index in [1.165, 1.54) is 0 Å². The maximum atomic E-state index is 12.9. The molecule has 3 heterocycles. The molecule has 0 bridgehead atoms. The highest BCUT2D eigenvalue weighted by atomic mass is 16.3. The average Bonchev–Trinajstić information content (AvgIpc) is 3.28. The van der Waals surface area contributed by atoms with E-state index in [1.54, 1.807) is 6.20 Å². The Balaban J connectivity index is 1.39. The summed E-state index contributed by atoms with van der Waals surface area (Å²) in [6.07, 6.45) is 6.40. The number of aromatic nitrogens is 2. The molecule has 4 N–H and O–H groups in total. The lowest BCUT2D eigenvalue weighted by molar-refractivity contribution is -0.124. The van der Waals surface area contributed by atoms with Crippen molar-refractivity contribution >= 4 is 5.91 Å². The molecule has 0 spiro atoms. The minimum atomic E-state index is -0.277. The van der Waals surface area contributed by atoms with Gasteiger partial charge in [0.25, 0.3) is 0 Å². The molecule has 7 heteroatoms. The van der Waals surface area contributed by atoms with E-state index < -0.39 is 0 Å². The minimum Gasteiger partial charge on any atom is -0.393 e. The molecule has 2 aromatic rings. The van der Waals surface area contributed by atoms with Gasteiger partial charge in [0, 0.05) is 43.3 Å². The Kier molecular flexibility index (Phi) is 5.24. The molecular weight excluding hydrogens is 342 g/mol. The molecule has 1 aliphatic heterocycles. The molecule has 2 aliphatic rings. The lowest BCUT2D eigenvalue weighted by atomic mass is 9.75. The average molecular weight is 369 g/mol. The van der Waals surface area contributed by atoms with Gasteiger partial charge >= 0.3 is 0 Å². The molecule has 1 saturated heterocycles. The number of pyridine rings is 1. The van der Waals surface area contributed by atoms with Crippen molar-refractivity contribution in [3.63, 3.8) is 0 Å². The van der Waals surface area contributed by atoms with E-state index in [0.29, 0.717) is 18.8 Å². The summed E-state index contributed by atoms with van der Waals surface area (Å²) in [4.78, 5) is 17.3. The first-order valence-electron chi connectivity index (χ1n) is 9.61.